The molecule has 2 N–H and O–H groups in total. The Balaban J connectivity index is 1.65. The highest BCUT2D eigenvalue weighted by atomic mass is 32.2. The second-order valence-electron chi connectivity index (χ2n) is 5.67. The topological polar surface area (TPSA) is 32.3 Å². The van der Waals surface area contributed by atoms with Crippen molar-refractivity contribution >= 4 is 11.8 Å². The summed E-state index contributed by atoms with van der Waals surface area (Å²) in [6.07, 6.45) is 2.16. The number of hydrogen-bond acceptors (Lipinski definition) is 3. The molecule has 3 rings (SSSR count). The van der Waals surface area contributed by atoms with E-state index in [-0.39, 0.29) is 0 Å². The molecule has 0 aromatic heterocycles. The van der Waals surface area contributed by atoms with Crippen LogP contribution in [0, 0.1) is 0 Å². The Kier molecular flexibility index (Phi) is 4.51. The minimum absolute atomic E-state index is 0.331. The van der Waals surface area contributed by atoms with Crippen LogP contribution in [-0.4, -0.2) is 16.9 Å². The Hall–Kier alpha value is -1.45. The predicted octanol–water partition coefficient (Wildman–Crippen LogP) is 4.15. The number of fused-ring (bicyclic) bond motifs is 1. The highest BCUT2D eigenvalue weighted by Gasteiger charge is 2.21. The number of phenolic OH excluding ortho intramolecular Hbond substituents is 1. The summed E-state index contributed by atoms with van der Waals surface area (Å²) >= 11 is 1.96. The number of hydrogen-bond donors (Lipinski definition) is 2. The van der Waals surface area contributed by atoms with Crippen molar-refractivity contribution in [1.82, 2.24) is 5.32 Å². The van der Waals surface area contributed by atoms with Gasteiger partial charge in [0.25, 0.3) is 0 Å². The fourth-order valence-electron chi connectivity index (χ4n) is 2.90. The molecule has 2 atom stereocenters. The molecule has 3 heteroatoms. The van der Waals surface area contributed by atoms with Gasteiger partial charge in [0.2, 0.25) is 0 Å². The predicted molar refractivity (Wildman–Crippen MR) is 88.9 cm³/mol. The third kappa shape index (κ3) is 3.60. The highest BCUT2D eigenvalue weighted by Crippen LogP contribution is 2.36. The summed E-state index contributed by atoms with van der Waals surface area (Å²) in [4.78, 5) is 1.41. The van der Waals surface area contributed by atoms with Gasteiger partial charge in [-0.1, -0.05) is 30.3 Å². The van der Waals surface area contributed by atoms with Crippen molar-refractivity contribution in [2.45, 2.75) is 36.7 Å². The van der Waals surface area contributed by atoms with Crippen LogP contribution in [-0.2, 0) is 6.42 Å². The molecule has 21 heavy (non-hydrogen) atoms. The Labute approximate surface area is 130 Å². The first kappa shape index (κ1) is 14.5. The number of nitrogens with one attached hydrogen (secondary N) is 1. The Morgan fingerprint density at radius 3 is 2.76 bits per heavy atom. The number of thioether (sulfide) groups is 1. The van der Waals surface area contributed by atoms with Gasteiger partial charge in [0.15, 0.2) is 0 Å². The van der Waals surface area contributed by atoms with Gasteiger partial charge in [0.1, 0.15) is 5.75 Å². The number of phenols is 1. The van der Waals surface area contributed by atoms with Crippen LogP contribution in [0.5, 0.6) is 5.75 Å². The first-order chi connectivity index (χ1) is 10.2. The van der Waals surface area contributed by atoms with Gasteiger partial charge in [0.05, 0.1) is 0 Å². The molecule has 2 aromatic carbocycles. The summed E-state index contributed by atoms with van der Waals surface area (Å²) in [5, 5.41) is 13.1. The number of rotatable bonds is 4. The fraction of sp³-hybridized carbons (Fsp3) is 0.333. The highest BCUT2D eigenvalue weighted by molar-refractivity contribution is 7.99. The smallest absolute Gasteiger partial charge is 0.115 e. The van der Waals surface area contributed by atoms with Gasteiger partial charge in [-0.25, -0.2) is 0 Å². The average Bonchev–Trinajstić information content (AvgIpc) is 2.50. The van der Waals surface area contributed by atoms with E-state index in [9.17, 15) is 5.11 Å². The lowest BCUT2D eigenvalue weighted by molar-refractivity contribution is 0.437. The minimum Gasteiger partial charge on any atom is -0.508 e. The fourth-order valence-corrected chi connectivity index (χ4v) is 4.03. The van der Waals surface area contributed by atoms with Crippen LogP contribution in [0.1, 0.15) is 30.5 Å². The molecule has 0 saturated heterocycles. The van der Waals surface area contributed by atoms with Crippen LogP contribution in [0.3, 0.4) is 0 Å². The van der Waals surface area contributed by atoms with Gasteiger partial charge in [0, 0.05) is 17.0 Å². The van der Waals surface area contributed by atoms with E-state index in [4.69, 9.17) is 0 Å². The molecule has 0 spiro atoms. The third-order valence-electron chi connectivity index (χ3n) is 3.92. The molecule has 0 fully saturated rings. The van der Waals surface area contributed by atoms with Crippen LogP contribution < -0.4 is 5.32 Å². The molecule has 1 aliphatic heterocycles. The van der Waals surface area contributed by atoms with Gasteiger partial charge in [-0.15, -0.1) is 11.8 Å². The Morgan fingerprint density at radius 1 is 1.19 bits per heavy atom. The van der Waals surface area contributed by atoms with E-state index >= 15 is 0 Å². The van der Waals surface area contributed by atoms with Crippen LogP contribution >= 0.6 is 11.8 Å². The molecule has 0 aliphatic carbocycles. The monoisotopic (exact) mass is 299 g/mol. The summed E-state index contributed by atoms with van der Waals surface area (Å²) in [7, 11) is 0. The van der Waals surface area contributed by atoms with Gasteiger partial charge in [-0.2, -0.15) is 0 Å². The van der Waals surface area contributed by atoms with Crippen molar-refractivity contribution in [2.75, 3.05) is 5.75 Å². The van der Waals surface area contributed by atoms with Crippen molar-refractivity contribution < 1.29 is 5.11 Å². The van der Waals surface area contributed by atoms with E-state index in [1.807, 2.05) is 23.9 Å². The minimum atomic E-state index is 0.331. The number of aromatic hydroxyl groups is 1. The van der Waals surface area contributed by atoms with E-state index in [1.165, 1.54) is 28.2 Å². The zero-order chi connectivity index (χ0) is 14.7. The van der Waals surface area contributed by atoms with E-state index in [0.29, 0.717) is 17.8 Å². The molecule has 0 radical (unpaired) electrons. The van der Waals surface area contributed by atoms with E-state index in [2.05, 4.69) is 36.5 Å². The zero-order valence-corrected chi connectivity index (χ0v) is 13.1. The third-order valence-corrected chi connectivity index (χ3v) is 5.05. The van der Waals surface area contributed by atoms with Crippen LogP contribution in [0.15, 0.2) is 53.4 Å². The summed E-state index contributed by atoms with van der Waals surface area (Å²) < 4.78 is 0. The van der Waals surface area contributed by atoms with Crippen LogP contribution in [0.2, 0.25) is 0 Å². The molecule has 1 aliphatic rings. The molecule has 2 nitrogen and oxygen atoms in total. The molecule has 110 valence electrons. The van der Waals surface area contributed by atoms with Crippen molar-refractivity contribution in [3.05, 3.63) is 59.7 Å². The van der Waals surface area contributed by atoms with E-state index in [0.717, 1.165) is 6.42 Å². The molecule has 0 bridgehead atoms. The maximum Gasteiger partial charge on any atom is 0.115 e. The van der Waals surface area contributed by atoms with Crippen molar-refractivity contribution in [3.8, 4) is 5.75 Å². The number of benzene rings is 2. The maximum absolute atomic E-state index is 9.34. The summed E-state index contributed by atoms with van der Waals surface area (Å²) in [5.41, 5.74) is 2.69. The molecule has 1 heterocycles. The molecular formula is C18H21NOS. The lowest BCUT2D eigenvalue weighted by Gasteiger charge is -2.29. The lowest BCUT2D eigenvalue weighted by atomic mass is 10.0. The standard InChI is InChI=1S/C18H21NOS/c1-13(12-14-6-8-15(20)9-7-14)19-17-10-11-21-18-5-3-2-4-16(17)18/h2-9,13,17,19-20H,10-12H2,1H3. The molecule has 0 amide bonds. The SMILES string of the molecule is CC(Cc1ccc(O)cc1)NC1CCSc2ccccc21. The van der Waals surface area contributed by atoms with E-state index < -0.39 is 0 Å². The summed E-state index contributed by atoms with van der Waals surface area (Å²) in [6, 6.07) is 17.1. The normalized spacial score (nSPS) is 19.0. The van der Waals surface area contributed by atoms with Gasteiger partial charge < -0.3 is 10.4 Å². The van der Waals surface area contributed by atoms with Crippen molar-refractivity contribution in [3.63, 3.8) is 0 Å². The summed E-state index contributed by atoms with van der Waals surface area (Å²) in [5.74, 6) is 1.51. The van der Waals surface area contributed by atoms with Gasteiger partial charge in [-0.3, -0.25) is 0 Å². The van der Waals surface area contributed by atoms with E-state index in [1.54, 1.807) is 12.1 Å². The van der Waals surface area contributed by atoms with Crippen molar-refractivity contribution in [2.24, 2.45) is 0 Å². The molecule has 2 unspecified atom stereocenters. The molecule has 2 aromatic rings. The Morgan fingerprint density at radius 2 is 1.95 bits per heavy atom. The first-order valence-corrected chi connectivity index (χ1v) is 8.46. The average molecular weight is 299 g/mol. The van der Waals surface area contributed by atoms with Crippen LogP contribution in [0.4, 0.5) is 0 Å². The molecule has 0 saturated carbocycles. The lowest BCUT2D eigenvalue weighted by Crippen LogP contribution is -2.33. The van der Waals surface area contributed by atoms with Crippen molar-refractivity contribution in [1.29, 1.82) is 0 Å². The first-order valence-electron chi connectivity index (χ1n) is 7.48. The second kappa shape index (κ2) is 6.54. The Bertz CT molecular complexity index is 596. The van der Waals surface area contributed by atoms with Gasteiger partial charge in [-0.05, 0) is 54.8 Å². The molecular weight excluding hydrogens is 278 g/mol. The van der Waals surface area contributed by atoms with Gasteiger partial charge >= 0.3 is 0 Å². The zero-order valence-electron chi connectivity index (χ0n) is 12.3. The largest absolute Gasteiger partial charge is 0.508 e. The van der Waals surface area contributed by atoms with Crippen LogP contribution in [0.25, 0.3) is 0 Å². The second-order valence-corrected chi connectivity index (χ2v) is 6.80. The summed E-state index contributed by atoms with van der Waals surface area (Å²) in [6.45, 7) is 2.23. The maximum atomic E-state index is 9.34. The quantitative estimate of drug-likeness (QED) is 0.889.